The highest BCUT2D eigenvalue weighted by molar-refractivity contribution is 5.94. The van der Waals surface area contributed by atoms with Crippen LogP contribution in [0.25, 0.3) is 0 Å². The van der Waals surface area contributed by atoms with E-state index in [0.717, 1.165) is 38.9 Å². The molecule has 10 nitrogen and oxygen atoms in total. The smallest absolute Gasteiger partial charge is 0.319 e. The fourth-order valence-electron chi connectivity index (χ4n) is 3.59. The van der Waals surface area contributed by atoms with Gasteiger partial charge < -0.3 is 25.2 Å². The molecule has 1 unspecified atom stereocenters. The van der Waals surface area contributed by atoms with Crippen molar-refractivity contribution in [2.75, 3.05) is 52.9 Å². The SMILES string of the molecule is CC(=O)O.CC(=O)O.COC(=O)CN1CCN(C(=O)c2cccc(CC3CCNC3)c2)CC1. The van der Waals surface area contributed by atoms with E-state index in [4.69, 9.17) is 24.5 Å². The lowest BCUT2D eigenvalue weighted by Crippen LogP contribution is -2.50. The fourth-order valence-corrected chi connectivity index (χ4v) is 3.59. The third kappa shape index (κ3) is 12.0. The molecular weight excluding hydrogens is 430 g/mol. The van der Waals surface area contributed by atoms with E-state index in [1.54, 1.807) is 0 Å². The molecule has 0 bridgehead atoms. The zero-order chi connectivity index (χ0) is 24.8. The maximum atomic E-state index is 12.8. The molecule has 0 aromatic heterocycles. The Morgan fingerprint density at radius 1 is 1.06 bits per heavy atom. The fraction of sp³-hybridized carbons (Fsp3) is 0.565. The largest absolute Gasteiger partial charge is 0.481 e. The van der Waals surface area contributed by atoms with Crippen molar-refractivity contribution in [1.82, 2.24) is 15.1 Å². The first-order valence-electron chi connectivity index (χ1n) is 10.9. The van der Waals surface area contributed by atoms with Crippen molar-refractivity contribution in [3.63, 3.8) is 0 Å². The number of aliphatic carboxylic acids is 2. The molecular formula is C23H35N3O7. The van der Waals surface area contributed by atoms with Crippen molar-refractivity contribution in [3.05, 3.63) is 35.4 Å². The molecule has 3 rings (SSSR count). The number of carboxylic acids is 2. The first-order valence-corrected chi connectivity index (χ1v) is 10.9. The van der Waals surface area contributed by atoms with E-state index in [9.17, 15) is 9.59 Å². The van der Waals surface area contributed by atoms with Crippen molar-refractivity contribution in [2.45, 2.75) is 26.7 Å². The van der Waals surface area contributed by atoms with Gasteiger partial charge in [-0.15, -0.1) is 0 Å². The van der Waals surface area contributed by atoms with Crippen LogP contribution in [0, 0.1) is 5.92 Å². The Balaban J connectivity index is 0.000000591. The average molecular weight is 466 g/mol. The summed E-state index contributed by atoms with van der Waals surface area (Å²) < 4.78 is 4.70. The molecule has 2 saturated heterocycles. The molecule has 0 aliphatic carbocycles. The molecule has 0 radical (unpaired) electrons. The van der Waals surface area contributed by atoms with Gasteiger partial charge in [0.1, 0.15) is 0 Å². The summed E-state index contributed by atoms with van der Waals surface area (Å²) in [5.74, 6) is -1.13. The maximum absolute atomic E-state index is 12.8. The predicted molar refractivity (Wildman–Crippen MR) is 122 cm³/mol. The zero-order valence-corrected chi connectivity index (χ0v) is 19.6. The van der Waals surface area contributed by atoms with Crippen LogP contribution in [0.3, 0.4) is 0 Å². The molecule has 184 valence electrons. The quantitative estimate of drug-likeness (QED) is 0.543. The number of esters is 1. The summed E-state index contributed by atoms with van der Waals surface area (Å²) in [4.78, 5) is 46.0. The van der Waals surface area contributed by atoms with Gasteiger partial charge in [0, 0.05) is 45.6 Å². The molecule has 33 heavy (non-hydrogen) atoms. The number of rotatable bonds is 5. The van der Waals surface area contributed by atoms with Gasteiger partial charge in [0.15, 0.2) is 0 Å². The number of nitrogens with one attached hydrogen (secondary N) is 1. The first-order chi connectivity index (χ1) is 15.6. The summed E-state index contributed by atoms with van der Waals surface area (Å²) in [7, 11) is 1.40. The first kappa shape index (κ1) is 28.1. The molecule has 0 saturated carbocycles. The molecule has 3 N–H and O–H groups in total. The lowest BCUT2D eigenvalue weighted by molar-refractivity contribution is -0.142. The van der Waals surface area contributed by atoms with Gasteiger partial charge in [-0.05, 0) is 49.5 Å². The van der Waals surface area contributed by atoms with Crippen LogP contribution in [-0.4, -0.2) is 96.8 Å². The lowest BCUT2D eigenvalue weighted by Gasteiger charge is -2.34. The number of carbonyl (C=O) groups is 4. The molecule has 2 aliphatic heterocycles. The number of amides is 1. The van der Waals surface area contributed by atoms with Crippen LogP contribution < -0.4 is 5.32 Å². The molecule has 0 spiro atoms. The van der Waals surface area contributed by atoms with E-state index >= 15 is 0 Å². The minimum absolute atomic E-state index is 0.0871. The Morgan fingerprint density at radius 3 is 2.18 bits per heavy atom. The summed E-state index contributed by atoms with van der Waals surface area (Å²) in [6, 6.07) is 8.04. The van der Waals surface area contributed by atoms with Crippen LogP contribution in [0.1, 0.15) is 36.2 Å². The normalized spacial score (nSPS) is 17.7. The highest BCUT2D eigenvalue weighted by Crippen LogP contribution is 2.17. The van der Waals surface area contributed by atoms with Gasteiger partial charge in [-0.2, -0.15) is 0 Å². The number of benzene rings is 1. The topological polar surface area (TPSA) is 136 Å². The van der Waals surface area contributed by atoms with Gasteiger partial charge in [0.05, 0.1) is 13.7 Å². The summed E-state index contributed by atoms with van der Waals surface area (Å²) in [6.07, 6.45) is 2.24. The van der Waals surface area contributed by atoms with Crippen molar-refractivity contribution in [3.8, 4) is 0 Å². The van der Waals surface area contributed by atoms with E-state index in [1.807, 2.05) is 28.0 Å². The van der Waals surface area contributed by atoms with E-state index in [-0.39, 0.29) is 11.9 Å². The molecule has 2 fully saturated rings. The van der Waals surface area contributed by atoms with Crippen molar-refractivity contribution in [2.24, 2.45) is 5.92 Å². The van der Waals surface area contributed by atoms with Gasteiger partial charge in [0.2, 0.25) is 0 Å². The number of ether oxygens (including phenoxy) is 1. The Hall–Kier alpha value is -2.98. The summed E-state index contributed by atoms with van der Waals surface area (Å²) in [6.45, 7) is 7.32. The average Bonchev–Trinajstić information content (AvgIpc) is 3.26. The zero-order valence-electron chi connectivity index (χ0n) is 19.6. The monoisotopic (exact) mass is 465 g/mol. The van der Waals surface area contributed by atoms with Crippen LogP contribution in [0.5, 0.6) is 0 Å². The van der Waals surface area contributed by atoms with E-state index in [0.29, 0.717) is 38.6 Å². The van der Waals surface area contributed by atoms with Crippen LogP contribution in [0.4, 0.5) is 0 Å². The highest BCUT2D eigenvalue weighted by atomic mass is 16.5. The van der Waals surface area contributed by atoms with Crippen LogP contribution in [0.2, 0.25) is 0 Å². The number of methoxy groups -OCH3 is 1. The van der Waals surface area contributed by atoms with Crippen LogP contribution in [0.15, 0.2) is 24.3 Å². The van der Waals surface area contributed by atoms with Gasteiger partial charge in [-0.1, -0.05) is 12.1 Å². The summed E-state index contributed by atoms with van der Waals surface area (Å²) in [5, 5.41) is 18.2. The van der Waals surface area contributed by atoms with Crippen molar-refractivity contribution < 1.29 is 34.1 Å². The van der Waals surface area contributed by atoms with E-state index in [1.165, 1.54) is 19.1 Å². The van der Waals surface area contributed by atoms with E-state index < -0.39 is 11.9 Å². The van der Waals surface area contributed by atoms with E-state index in [2.05, 4.69) is 11.4 Å². The van der Waals surface area contributed by atoms with Gasteiger partial charge in [-0.3, -0.25) is 24.1 Å². The molecule has 1 aromatic rings. The number of hydrogen-bond donors (Lipinski definition) is 3. The maximum Gasteiger partial charge on any atom is 0.319 e. The third-order valence-electron chi connectivity index (χ3n) is 5.10. The van der Waals surface area contributed by atoms with Crippen molar-refractivity contribution in [1.29, 1.82) is 0 Å². The van der Waals surface area contributed by atoms with Gasteiger partial charge in [0.25, 0.3) is 17.8 Å². The molecule has 1 aromatic carbocycles. The molecule has 1 amide bonds. The lowest BCUT2D eigenvalue weighted by atomic mass is 9.97. The van der Waals surface area contributed by atoms with Crippen LogP contribution >= 0.6 is 0 Å². The standard InChI is InChI=1S/C19H27N3O3.2C2H4O2/c1-25-18(23)14-21-7-9-22(10-8-21)19(24)17-4-2-3-15(12-17)11-16-5-6-20-13-16;2*1-2(3)4/h2-4,12,16,20H,5-11,13-14H2,1H3;2*1H3,(H,3,4). The Bertz CT molecular complexity index is 766. The molecule has 2 aliphatic rings. The third-order valence-corrected chi connectivity index (χ3v) is 5.10. The van der Waals surface area contributed by atoms with Crippen molar-refractivity contribution >= 4 is 23.8 Å². The number of piperazine rings is 1. The van der Waals surface area contributed by atoms with Gasteiger partial charge >= 0.3 is 5.97 Å². The Kier molecular flexibility index (Phi) is 12.7. The predicted octanol–water partition coefficient (Wildman–Crippen LogP) is 0.951. The summed E-state index contributed by atoms with van der Waals surface area (Å²) >= 11 is 0. The summed E-state index contributed by atoms with van der Waals surface area (Å²) in [5.41, 5.74) is 2.01. The second-order valence-electron chi connectivity index (χ2n) is 7.95. The number of nitrogens with zero attached hydrogens (tertiary/aromatic N) is 2. The van der Waals surface area contributed by atoms with Crippen LogP contribution in [-0.2, 0) is 25.5 Å². The number of carboxylic acid groups (broad SMARTS) is 2. The highest BCUT2D eigenvalue weighted by Gasteiger charge is 2.24. The second-order valence-corrected chi connectivity index (χ2v) is 7.95. The number of carbonyl (C=O) groups excluding carboxylic acids is 2. The van der Waals surface area contributed by atoms with Gasteiger partial charge in [-0.25, -0.2) is 0 Å². The Morgan fingerprint density at radius 2 is 1.67 bits per heavy atom. The molecule has 1 atom stereocenters. The second kappa shape index (κ2) is 15.0. The minimum Gasteiger partial charge on any atom is -0.481 e. The number of hydrogen-bond acceptors (Lipinski definition) is 7. The molecule has 10 heteroatoms. The Labute approximate surface area is 194 Å². The molecule has 2 heterocycles. The minimum atomic E-state index is -0.833.